The SMILES string of the molecule is CSCN[C@H]1CCCN(C(=O)OC(C)C(F)(F)F)[C@H]1COC1CCN(c2ncccn2)CC1. The summed E-state index contributed by atoms with van der Waals surface area (Å²) < 4.78 is 49.7. The van der Waals surface area contributed by atoms with Gasteiger partial charge >= 0.3 is 12.3 Å². The molecule has 0 aliphatic carbocycles. The fourth-order valence-electron chi connectivity index (χ4n) is 4.12. The lowest BCUT2D eigenvalue weighted by molar-refractivity contribution is -0.200. The number of halogens is 3. The summed E-state index contributed by atoms with van der Waals surface area (Å²) in [6.45, 7) is 2.94. The monoisotopic (exact) mass is 491 g/mol. The molecule has 33 heavy (non-hydrogen) atoms. The van der Waals surface area contributed by atoms with Gasteiger partial charge in [-0.3, -0.25) is 0 Å². The molecule has 2 saturated heterocycles. The van der Waals surface area contributed by atoms with Gasteiger partial charge in [-0.1, -0.05) is 0 Å². The lowest BCUT2D eigenvalue weighted by Crippen LogP contribution is -2.59. The molecule has 3 atom stereocenters. The van der Waals surface area contributed by atoms with Crippen molar-refractivity contribution in [3.8, 4) is 0 Å². The van der Waals surface area contributed by atoms with Crippen LogP contribution in [0.3, 0.4) is 0 Å². The van der Waals surface area contributed by atoms with Gasteiger partial charge in [0.25, 0.3) is 0 Å². The van der Waals surface area contributed by atoms with Crippen LogP contribution in [0.25, 0.3) is 0 Å². The van der Waals surface area contributed by atoms with E-state index in [9.17, 15) is 18.0 Å². The molecule has 0 saturated carbocycles. The van der Waals surface area contributed by atoms with Gasteiger partial charge in [-0.15, -0.1) is 11.8 Å². The average Bonchev–Trinajstić information content (AvgIpc) is 2.81. The molecule has 1 aromatic heterocycles. The summed E-state index contributed by atoms with van der Waals surface area (Å²) in [6.07, 6.45) is 0.756. The van der Waals surface area contributed by atoms with Crippen LogP contribution < -0.4 is 10.2 Å². The number of thioether (sulfide) groups is 1. The predicted octanol–water partition coefficient (Wildman–Crippen LogP) is 3.29. The molecule has 2 fully saturated rings. The number of nitrogens with zero attached hydrogens (tertiary/aromatic N) is 4. The lowest BCUT2D eigenvalue weighted by Gasteiger charge is -2.42. The summed E-state index contributed by atoms with van der Waals surface area (Å²) in [5.74, 6) is 1.37. The van der Waals surface area contributed by atoms with Crippen molar-refractivity contribution >= 4 is 23.8 Å². The van der Waals surface area contributed by atoms with Gasteiger partial charge in [0, 0.05) is 43.9 Å². The maximum Gasteiger partial charge on any atom is 0.425 e. The number of ether oxygens (including phenoxy) is 2. The van der Waals surface area contributed by atoms with Crippen LogP contribution >= 0.6 is 11.8 Å². The zero-order valence-corrected chi connectivity index (χ0v) is 19.8. The van der Waals surface area contributed by atoms with Crippen molar-refractivity contribution in [2.75, 3.05) is 43.3 Å². The number of hydrogen-bond acceptors (Lipinski definition) is 8. The molecule has 2 aliphatic rings. The lowest BCUT2D eigenvalue weighted by atomic mass is 9.97. The molecule has 3 heterocycles. The van der Waals surface area contributed by atoms with Crippen molar-refractivity contribution in [2.24, 2.45) is 0 Å². The second-order valence-electron chi connectivity index (χ2n) is 8.28. The van der Waals surface area contributed by atoms with Gasteiger partial charge < -0.3 is 24.6 Å². The Bertz CT molecular complexity index is 738. The van der Waals surface area contributed by atoms with Crippen molar-refractivity contribution in [1.82, 2.24) is 20.2 Å². The van der Waals surface area contributed by atoms with Crippen LogP contribution in [-0.4, -0.2) is 89.8 Å². The number of alkyl halides is 3. The molecule has 1 N–H and O–H groups in total. The van der Waals surface area contributed by atoms with E-state index in [4.69, 9.17) is 9.47 Å². The van der Waals surface area contributed by atoms with Crippen LogP contribution in [0.5, 0.6) is 0 Å². The minimum atomic E-state index is -4.59. The second kappa shape index (κ2) is 12.1. The zero-order valence-electron chi connectivity index (χ0n) is 19.0. The highest BCUT2D eigenvalue weighted by molar-refractivity contribution is 7.98. The Morgan fingerprint density at radius 3 is 2.58 bits per heavy atom. The second-order valence-corrected chi connectivity index (χ2v) is 9.15. The van der Waals surface area contributed by atoms with Crippen LogP contribution in [-0.2, 0) is 9.47 Å². The van der Waals surface area contributed by atoms with Gasteiger partial charge in [-0.05, 0) is 44.9 Å². The van der Waals surface area contributed by atoms with Gasteiger partial charge in [-0.25, -0.2) is 14.8 Å². The number of carbonyl (C=O) groups excluding carboxylic acids is 1. The maximum atomic E-state index is 12.9. The smallest absolute Gasteiger partial charge is 0.425 e. The van der Waals surface area contributed by atoms with E-state index in [2.05, 4.69) is 20.2 Å². The molecule has 0 spiro atoms. The first-order valence-electron chi connectivity index (χ1n) is 11.2. The van der Waals surface area contributed by atoms with Crippen molar-refractivity contribution in [1.29, 1.82) is 0 Å². The first-order valence-corrected chi connectivity index (χ1v) is 12.6. The van der Waals surface area contributed by atoms with E-state index in [0.29, 0.717) is 24.8 Å². The van der Waals surface area contributed by atoms with E-state index < -0.39 is 24.4 Å². The van der Waals surface area contributed by atoms with Crippen molar-refractivity contribution in [3.63, 3.8) is 0 Å². The van der Waals surface area contributed by atoms with Crippen LogP contribution in [0.4, 0.5) is 23.9 Å². The third-order valence-corrected chi connectivity index (χ3v) is 6.48. The number of amides is 1. The van der Waals surface area contributed by atoms with E-state index in [-0.39, 0.29) is 18.8 Å². The van der Waals surface area contributed by atoms with E-state index in [1.165, 1.54) is 4.90 Å². The van der Waals surface area contributed by atoms with Gasteiger partial charge in [0.05, 0.1) is 18.8 Å². The zero-order chi connectivity index (χ0) is 23.8. The number of likely N-dealkylation sites (tertiary alicyclic amines) is 1. The van der Waals surface area contributed by atoms with E-state index >= 15 is 0 Å². The van der Waals surface area contributed by atoms with Crippen LogP contribution in [0.15, 0.2) is 18.5 Å². The van der Waals surface area contributed by atoms with Crippen LogP contribution in [0, 0.1) is 0 Å². The molecule has 1 unspecified atom stereocenters. The first kappa shape index (κ1) is 25.8. The van der Waals surface area contributed by atoms with Crippen molar-refractivity contribution < 1.29 is 27.4 Å². The molecule has 0 radical (unpaired) electrons. The Kier molecular flexibility index (Phi) is 9.45. The van der Waals surface area contributed by atoms with Crippen LogP contribution in [0.1, 0.15) is 32.6 Å². The Morgan fingerprint density at radius 1 is 1.24 bits per heavy atom. The summed E-state index contributed by atoms with van der Waals surface area (Å²) in [5.41, 5.74) is 0. The fraction of sp³-hybridized carbons (Fsp3) is 0.762. The molecule has 186 valence electrons. The highest BCUT2D eigenvalue weighted by Crippen LogP contribution is 2.26. The molecule has 3 rings (SSSR count). The average molecular weight is 492 g/mol. The van der Waals surface area contributed by atoms with Gasteiger partial charge in [0.2, 0.25) is 5.95 Å². The minimum absolute atomic E-state index is 0.0000538. The predicted molar refractivity (Wildman–Crippen MR) is 120 cm³/mol. The molecule has 0 aromatic carbocycles. The van der Waals surface area contributed by atoms with E-state index in [1.807, 2.05) is 6.26 Å². The quantitative estimate of drug-likeness (QED) is 0.555. The van der Waals surface area contributed by atoms with Crippen molar-refractivity contribution in [2.45, 2.75) is 63.1 Å². The summed E-state index contributed by atoms with van der Waals surface area (Å²) in [7, 11) is 0. The highest BCUT2D eigenvalue weighted by Gasteiger charge is 2.42. The number of carbonyl (C=O) groups is 1. The fourth-order valence-corrected chi connectivity index (χ4v) is 4.50. The molecule has 0 bridgehead atoms. The van der Waals surface area contributed by atoms with Gasteiger partial charge in [0.15, 0.2) is 6.10 Å². The van der Waals surface area contributed by atoms with Crippen molar-refractivity contribution in [3.05, 3.63) is 18.5 Å². The molecule has 12 heteroatoms. The minimum Gasteiger partial charge on any atom is -0.437 e. The molecule has 8 nitrogen and oxygen atoms in total. The molecule has 2 aliphatic heterocycles. The number of rotatable bonds is 8. The largest absolute Gasteiger partial charge is 0.437 e. The number of nitrogens with one attached hydrogen (secondary N) is 1. The number of anilines is 1. The summed E-state index contributed by atoms with van der Waals surface area (Å²) in [5, 5.41) is 3.39. The van der Waals surface area contributed by atoms with Gasteiger partial charge in [-0.2, -0.15) is 13.2 Å². The Balaban J connectivity index is 1.58. The standard InChI is InChI=1S/C21H32F3N5O3S/c1-15(21(22,23)24)32-20(30)29-10-3-5-17(27-14-33-2)18(29)13-31-16-6-11-28(12-7-16)19-25-8-4-9-26-19/h4,8-9,15-18,27H,3,5-7,10-14H2,1-2H3/t15?,17-,18-/m0/s1. The summed E-state index contributed by atoms with van der Waals surface area (Å²) in [6, 6.07) is 1.31. The Morgan fingerprint density at radius 2 is 1.94 bits per heavy atom. The third kappa shape index (κ3) is 7.35. The van der Waals surface area contributed by atoms with E-state index in [1.54, 1.807) is 30.2 Å². The maximum absolute atomic E-state index is 12.9. The number of piperidine rings is 2. The summed E-state index contributed by atoms with van der Waals surface area (Å²) >= 11 is 1.61. The molecule has 1 amide bonds. The number of hydrogen-bond donors (Lipinski definition) is 1. The van der Waals surface area contributed by atoms with Crippen LogP contribution in [0.2, 0.25) is 0 Å². The topological polar surface area (TPSA) is 79.8 Å². The Hall–Kier alpha value is -1.79. The number of aromatic nitrogens is 2. The molecular weight excluding hydrogens is 459 g/mol. The first-order chi connectivity index (χ1) is 15.8. The molecular formula is C21H32F3N5O3S. The van der Waals surface area contributed by atoms with Gasteiger partial charge in [0.1, 0.15) is 0 Å². The molecule has 1 aromatic rings. The third-order valence-electron chi connectivity index (χ3n) is 6.02. The van der Waals surface area contributed by atoms with E-state index in [0.717, 1.165) is 39.3 Å². The Labute approximate surface area is 196 Å². The summed E-state index contributed by atoms with van der Waals surface area (Å²) in [4.78, 5) is 24.7. The normalized spacial score (nSPS) is 23.4. The highest BCUT2D eigenvalue weighted by atomic mass is 32.2.